The second kappa shape index (κ2) is 10.1. The Morgan fingerprint density at radius 2 is 1.73 bits per heavy atom. The van der Waals surface area contributed by atoms with E-state index >= 15 is 0 Å². The van der Waals surface area contributed by atoms with Gasteiger partial charge in [-0.05, 0) is 35.7 Å². The molecule has 30 heavy (non-hydrogen) atoms. The van der Waals surface area contributed by atoms with Crippen LogP contribution in [0, 0.1) is 5.82 Å². The minimum atomic E-state index is -3.46. The minimum absolute atomic E-state index is 0.0255. The monoisotopic (exact) mass is 433 g/mol. The molecule has 0 bridgehead atoms. The fourth-order valence-electron chi connectivity index (χ4n) is 3.55. The molecular formula is C22H28FN3O3S. The topological polar surface area (TPSA) is 69.7 Å². The van der Waals surface area contributed by atoms with E-state index < -0.39 is 15.8 Å². The number of carbonyl (C=O) groups excluding carboxylic acids is 1. The smallest absolute Gasteiger partial charge is 0.253 e. The van der Waals surface area contributed by atoms with E-state index in [2.05, 4.69) is 5.32 Å². The van der Waals surface area contributed by atoms with E-state index in [-0.39, 0.29) is 24.1 Å². The lowest BCUT2D eigenvalue weighted by Crippen LogP contribution is -2.48. The van der Waals surface area contributed by atoms with Gasteiger partial charge in [0.25, 0.3) is 5.91 Å². The van der Waals surface area contributed by atoms with Crippen LogP contribution in [0.5, 0.6) is 0 Å². The molecule has 1 atom stereocenters. The first kappa shape index (κ1) is 22.4. The number of halogens is 1. The fourth-order valence-corrected chi connectivity index (χ4v) is 4.99. The summed E-state index contributed by atoms with van der Waals surface area (Å²) >= 11 is 0. The fraction of sp³-hybridized carbons (Fsp3) is 0.409. The number of nitrogens with one attached hydrogen (secondary N) is 1. The number of sulfonamides is 1. The van der Waals surface area contributed by atoms with E-state index in [1.165, 1.54) is 28.6 Å². The van der Waals surface area contributed by atoms with E-state index in [1.807, 2.05) is 37.3 Å². The van der Waals surface area contributed by atoms with Gasteiger partial charge < -0.3 is 10.2 Å². The maximum Gasteiger partial charge on any atom is 0.253 e. The largest absolute Gasteiger partial charge is 0.337 e. The molecule has 6 nitrogen and oxygen atoms in total. The predicted molar refractivity (Wildman–Crippen MR) is 115 cm³/mol. The van der Waals surface area contributed by atoms with Crippen molar-refractivity contribution in [3.05, 3.63) is 71.5 Å². The second-order valence-electron chi connectivity index (χ2n) is 7.53. The highest BCUT2D eigenvalue weighted by molar-refractivity contribution is 7.89. The van der Waals surface area contributed by atoms with Crippen molar-refractivity contribution in [1.29, 1.82) is 0 Å². The lowest BCUT2D eigenvalue weighted by atomic mass is 10.0. The van der Waals surface area contributed by atoms with Gasteiger partial charge in [-0.15, -0.1) is 0 Å². The van der Waals surface area contributed by atoms with Gasteiger partial charge in [0.15, 0.2) is 0 Å². The van der Waals surface area contributed by atoms with E-state index in [4.69, 9.17) is 0 Å². The molecule has 1 heterocycles. The van der Waals surface area contributed by atoms with Crippen LogP contribution in [-0.2, 0) is 10.0 Å². The van der Waals surface area contributed by atoms with Crippen LogP contribution in [0.4, 0.5) is 4.39 Å². The molecule has 1 saturated heterocycles. The number of hydrogen-bond acceptors (Lipinski definition) is 4. The van der Waals surface area contributed by atoms with Crippen molar-refractivity contribution >= 4 is 15.9 Å². The molecule has 162 valence electrons. The van der Waals surface area contributed by atoms with Crippen LogP contribution in [-0.4, -0.2) is 68.6 Å². The summed E-state index contributed by atoms with van der Waals surface area (Å²) in [6.45, 7) is 4.59. The Hall–Kier alpha value is -2.29. The lowest BCUT2D eigenvalue weighted by Gasteiger charge is -2.30. The number of piperazine rings is 1. The van der Waals surface area contributed by atoms with Crippen molar-refractivity contribution in [1.82, 2.24) is 14.5 Å². The van der Waals surface area contributed by atoms with Crippen molar-refractivity contribution in [2.75, 3.05) is 45.0 Å². The van der Waals surface area contributed by atoms with Crippen LogP contribution >= 0.6 is 0 Å². The van der Waals surface area contributed by atoms with Crippen LogP contribution in [0.2, 0.25) is 0 Å². The maximum absolute atomic E-state index is 13.3. The molecule has 2 aromatic rings. The normalized spacial score (nSPS) is 16.2. The van der Waals surface area contributed by atoms with Crippen molar-refractivity contribution in [3.63, 3.8) is 0 Å². The molecule has 8 heteroatoms. The zero-order valence-electron chi connectivity index (χ0n) is 17.1. The average Bonchev–Trinajstić information content (AvgIpc) is 2.77. The van der Waals surface area contributed by atoms with Crippen molar-refractivity contribution in [3.8, 4) is 0 Å². The highest BCUT2D eigenvalue weighted by atomic mass is 32.2. The van der Waals surface area contributed by atoms with Crippen LogP contribution in [0.3, 0.4) is 0 Å². The molecule has 0 aromatic heterocycles. The molecule has 0 radical (unpaired) electrons. The summed E-state index contributed by atoms with van der Waals surface area (Å²) in [5.41, 5.74) is 1.41. The van der Waals surface area contributed by atoms with Gasteiger partial charge in [-0.25, -0.2) is 12.8 Å². The van der Waals surface area contributed by atoms with E-state index in [9.17, 15) is 17.6 Å². The van der Waals surface area contributed by atoms with Gasteiger partial charge in [0.2, 0.25) is 10.0 Å². The first-order chi connectivity index (χ1) is 14.4. The molecule has 0 saturated carbocycles. The Bertz CT molecular complexity index is 930. The summed E-state index contributed by atoms with van der Waals surface area (Å²) in [6.07, 6.45) is 0. The first-order valence-electron chi connectivity index (χ1n) is 10.1. The SMILES string of the molecule is C[C@H](CN(CCS(=O)(=O)N1CCNCC1)C(=O)c1ccc(F)cc1)c1ccccc1. The van der Waals surface area contributed by atoms with Gasteiger partial charge in [0.05, 0.1) is 5.75 Å². The third-order valence-electron chi connectivity index (χ3n) is 5.33. The molecule has 1 amide bonds. The molecule has 2 aromatic carbocycles. The molecule has 0 aliphatic carbocycles. The van der Waals surface area contributed by atoms with Gasteiger partial charge in [-0.3, -0.25) is 4.79 Å². The Balaban J connectivity index is 1.76. The van der Waals surface area contributed by atoms with Crippen LogP contribution in [0.15, 0.2) is 54.6 Å². The van der Waals surface area contributed by atoms with Crippen molar-refractivity contribution in [2.24, 2.45) is 0 Å². The summed E-state index contributed by atoms with van der Waals surface area (Å²) in [7, 11) is -3.46. The molecule has 1 aliphatic rings. The van der Waals surface area contributed by atoms with Crippen molar-refractivity contribution in [2.45, 2.75) is 12.8 Å². The Morgan fingerprint density at radius 1 is 1.10 bits per heavy atom. The second-order valence-corrected chi connectivity index (χ2v) is 9.62. The lowest BCUT2D eigenvalue weighted by molar-refractivity contribution is 0.0757. The predicted octanol–water partition coefficient (Wildman–Crippen LogP) is 2.31. The van der Waals surface area contributed by atoms with Gasteiger partial charge in [-0.2, -0.15) is 4.31 Å². The van der Waals surface area contributed by atoms with Gasteiger partial charge in [0, 0.05) is 44.8 Å². The van der Waals surface area contributed by atoms with Crippen LogP contribution in [0.1, 0.15) is 28.8 Å². The zero-order valence-corrected chi connectivity index (χ0v) is 17.9. The minimum Gasteiger partial charge on any atom is -0.337 e. The highest BCUT2D eigenvalue weighted by Gasteiger charge is 2.26. The summed E-state index contributed by atoms with van der Waals surface area (Å²) < 4.78 is 40.3. The molecule has 0 spiro atoms. The summed E-state index contributed by atoms with van der Waals surface area (Å²) in [5, 5.41) is 3.14. The number of carbonyl (C=O) groups is 1. The van der Waals surface area contributed by atoms with E-state index in [1.54, 1.807) is 4.90 Å². The molecule has 0 unspecified atom stereocenters. The Kier molecular flexibility index (Phi) is 7.58. The number of benzene rings is 2. The highest BCUT2D eigenvalue weighted by Crippen LogP contribution is 2.18. The Morgan fingerprint density at radius 3 is 2.37 bits per heavy atom. The summed E-state index contributed by atoms with van der Waals surface area (Å²) in [6, 6.07) is 15.1. The molecular weight excluding hydrogens is 405 g/mol. The Labute approximate surface area is 177 Å². The number of rotatable bonds is 8. The number of hydrogen-bond donors (Lipinski definition) is 1. The van der Waals surface area contributed by atoms with Crippen LogP contribution < -0.4 is 5.32 Å². The van der Waals surface area contributed by atoms with Crippen LogP contribution in [0.25, 0.3) is 0 Å². The maximum atomic E-state index is 13.3. The summed E-state index contributed by atoms with van der Waals surface area (Å²) in [5.74, 6) is -0.829. The summed E-state index contributed by atoms with van der Waals surface area (Å²) in [4.78, 5) is 14.7. The number of nitrogens with zero attached hydrogens (tertiary/aromatic N) is 2. The first-order valence-corrected chi connectivity index (χ1v) is 11.8. The molecule has 1 N–H and O–H groups in total. The zero-order chi connectivity index (χ0) is 21.6. The standard InChI is InChI=1S/C22H28FN3O3S/c1-18(19-5-3-2-4-6-19)17-25(22(27)20-7-9-21(23)10-8-20)15-16-30(28,29)26-13-11-24-12-14-26/h2-10,18,24H,11-17H2,1H3/t18-/m1/s1. The van der Waals surface area contributed by atoms with Gasteiger partial charge in [0.1, 0.15) is 5.82 Å². The van der Waals surface area contributed by atoms with E-state index in [0.717, 1.165) is 5.56 Å². The molecule has 3 rings (SSSR count). The molecule has 1 fully saturated rings. The van der Waals surface area contributed by atoms with Gasteiger partial charge >= 0.3 is 0 Å². The van der Waals surface area contributed by atoms with E-state index in [0.29, 0.717) is 38.3 Å². The average molecular weight is 434 g/mol. The third-order valence-corrected chi connectivity index (χ3v) is 7.18. The van der Waals surface area contributed by atoms with Gasteiger partial charge in [-0.1, -0.05) is 37.3 Å². The number of amides is 1. The van der Waals surface area contributed by atoms with Crippen molar-refractivity contribution < 1.29 is 17.6 Å². The molecule has 1 aliphatic heterocycles. The quantitative estimate of drug-likeness (QED) is 0.694. The third kappa shape index (κ3) is 5.87.